The minimum Gasteiger partial charge on any atom is -0.508 e. The number of likely N-dealkylation sites (tertiary alicyclic amines) is 1. The summed E-state index contributed by atoms with van der Waals surface area (Å²) in [6, 6.07) is 7.94. The average molecular weight is 262 g/mol. The van der Waals surface area contributed by atoms with Crippen molar-refractivity contribution >= 4 is 0 Å². The van der Waals surface area contributed by atoms with Crippen LogP contribution in [0.2, 0.25) is 0 Å². The van der Waals surface area contributed by atoms with Gasteiger partial charge < -0.3 is 10.0 Å². The number of phenols is 1. The van der Waals surface area contributed by atoms with E-state index in [9.17, 15) is 5.11 Å². The van der Waals surface area contributed by atoms with E-state index < -0.39 is 0 Å². The third-order valence-electron chi connectivity index (χ3n) is 4.23. The monoisotopic (exact) mass is 262 g/mol. The van der Waals surface area contributed by atoms with E-state index in [1.165, 1.54) is 37.9 Å². The number of hydrogen-bond acceptors (Lipinski definition) is 3. The van der Waals surface area contributed by atoms with Crippen molar-refractivity contribution in [2.24, 2.45) is 0 Å². The molecule has 1 fully saturated rings. The summed E-state index contributed by atoms with van der Waals surface area (Å²) in [5.74, 6) is 0.355. The van der Waals surface area contributed by atoms with Crippen LogP contribution in [0.1, 0.15) is 37.8 Å². The van der Waals surface area contributed by atoms with Gasteiger partial charge in [0.1, 0.15) is 5.75 Å². The quantitative estimate of drug-likeness (QED) is 0.884. The van der Waals surface area contributed by atoms with Crippen molar-refractivity contribution < 1.29 is 5.11 Å². The van der Waals surface area contributed by atoms with E-state index in [1.807, 2.05) is 12.1 Å². The van der Waals surface area contributed by atoms with Crippen LogP contribution < -0.4 is 0 Å². The van der Waals surface area contributed by atoms with Gasteiger partial charge in [0.15, 0.2) is 0 Å². The van der Waals surface area contributed by atoms with Gasteiger partial charge in [-0.15, -0.1) is 0 Å². The first-order valence-corrected chi connectivity index (χ1v) is 7.38. The molecule has 106 valence electrons. The van der Waals surface area contributed by atoms with Gasteiger partial charge in [-0.1, -0.05) is 18.6 Å². The van der Waals surface area contributed by atoms with Crippen molar-refractivity contribution in [3.05, 3.63) is 29.8 Å². The van der Waals surface area contributed by atoms with Crippen molar-refractivity contribution in [3.8, 4) is 5.75 Å². The molecule has 0 aromatic heterocycles. The molecule has 3 heteroatoms. The van der Waals surface area contributed by atoms with Gasteiger partial charge in [-0.05, 0) is 57.6 Å². The Morgan fingerprint density at radius 2 is 2.00 bits per heavy atom. The van der Waals surface area contributed by atoms with Gasteiger partial charge in [-0.3, -0.25) is 4.90 Å². The van der Waals surface area contributed by atoms with Gasteiger partial charge in [-0.25, -0.2) is 0 Å². The summed E-state index contributed by atoms with van der Waals surface area (Å²) in [7, 11) is 2.17. The Morgan fingerprint density at radius 1 is 1.26 bits per heavy atom. The van der Waals surface area contributed by atoms with Gasteiger partial charge in [0, 0.05) is 19.1 Å². The van der Waals surface area contributed by atoms with Crippen molar-refractivity contribution in [2.75, 3.05) is 33.2 Å². The Kier molecular flexibility index (Phi) is 5.23. The molecule has 1 heterocycles. The molecule has 3 nitrogen and oxygen atoms in total. The highest BCUT2D eigenvalue weighted by molar-refractivity contribution is 5.29. The molecular weight excluding hydrogens is 236 g/mol. The maximum Gasteiger partial charge on any atom is 0.115 e. The van der Waals surface area contributed by atoms with Crippen LogP contribution in [-0.4, -0.2) is 48.1 Å². The third kappa shape index (κ3) is 4.22. The molecule has 0 aliphatic carbocycles. The number of aromatic hydroxyl groups is 1. The number of likely N-dealkylation sites (N-methyl/N-ethyl adjacent to an activating group) is 1. The molecule has 1 saturated heterocycles. The number of phenolic OH excluding ortho intramolecular Hbond substituents is 1. The lowest BCUT2D eigenvalue weighted by Gasteiger charge is -2.31. The summed E-state index contributed by atoms with van der Waals surface area (Å²) in [5, 5.41) is 9.55. The van der Waals surface area contributed by atoms with E-state index in [0.29, 0.717) is 11.8 Å². The number of piperidine rings is 1. The van der Waals surface area contributed by atoms with Gasteiger partial charge >= 0.3 is 0 Å². The molecule has 1 atom stereocenters. The molecule has 0 spiro atoms. The average Bonchev–Trinajstić information content (AvgIpc) is 2.45. The number of benzene rings is 1. The van der Waals surface area contributed by atoms with Crippen molar-refractivity contribution in [1.82, 2.24) is 9.80 Å². The Bertz CT molecular complexity index is 388. The Hall–Kier alpha value is -1.06. The lowest BCUT2D eigenvalue weighted by molar-refractivity contribution is 0.176. The number of hydrogen-bond donors (Lipinski definition) is 1. The lowest BCUT2D eigenvalue weighted by Crippen LogP contribution is -2.37. The second kappa shape index (κ2) is 6.92. The fourth-order valence-corrected chi connectivity index (χ4v) is 2.71. The fourth-order valence-electron chi connectivity index (χ4n) is 2.71. The summed E-state index contributed by atoms with van der Waals surface area (Å²) < 4.78 is 0. The zero-order valence-electron chi connectivity index (χ0n) is 12.2. The summed E-state index contributed by atoms with van der Waals surface area (Å²) >= 11 is 0. The molecule has 1 aromatic rings. The first-order chi connectivity index (χ1) is 9.16. The molecule has 1 N–H and O–H groups in total. The van der Waals surface area contributed by atoms with Crippen LogP contribution in [0.4, 0.5) is 0 Å². The third-order valence-corrected chi connectivity index (χ3v) is 4.23. The van der Waals surface area contributed by atoms with E-state index in [4.69, 9.17) is 0 Å². The van der Waals surface area contributed by atoms with E-state index in [1.54, 1.807) is 6.07 Å². The smallest absolute Gasteiger partial charge is 0.115 e. The van der Waals surface area contributed by atoms with E-state index in [0.717, 1.165) is 13.1 Å². The molecular formula is C16H26N2O. The molecule has 0 radical (unpaired) electrons. The van der Waals surface area contributed by atoms with Gasteiger partial charge in [-0.2, -0.15) is 0 Å². The standard InChI is InChI=1S/C16H26N2O/c1-14(15-7-6-8-16(19)13-15)17(2)11-12-18-9-4-3-5-10-18/h6-8,13-14,19H,3-5,9-12H2,1-2H3. The number of rotatable bonds is 5. The molecule has 2 rings (SSSR count). The highest BCUT2D eigenvalue weighted by Gasteiger charge is 2.14. The molecule has 0 bridgehead atoms. The van der Waals surface area contributed by atoms with Crippen molar-refractivity contribution in [3.63, 3.8) is 0 Å². The Balaban J connectivity index is 1.83. The summed E-state index contributed by atoms with van der Waals surface area (Å²) in [6.07, 6.45) is 4.10. The summed E-state index contributed by atoms with van der Waals surface area (Å²) in [5.41, 5.74) is 1.18. The lowest BCUT2D eigenvalue weighted by atomic mass is 10.1. The predicted molar refractivity (Wildman–Crippen MR) is 79.4 cm³/mol. The van der Waals surface area contributed by atoms with Crippen molar-refractivity contribution in [1.29, 1.82) is 0 Å². The first kappa shape index (κ1) is 14.4. The summed E-state index contributed by atoms with van der Waals surface area (Å²) in [4.78, 5) is 4.93. The van der Waals surface area contributed by atoms with Crippen LogP contribution in [-0.2, 0) is 0 Å². The maximum atomic E-state index is 9.55. The molecule has 0 amide bonds. The Labute approximate surface area is 116 Å². The maximum absolute atomic E-state index is 9.55. The zero-order valence-corrected chi connectivity index (χ0v) is 12.2. The normalized spacial score (nSPS) is 18.7. The van der Waals surface area contributed by atoms with Gasteiger partial charge in [0.05, 0.1) is 0 Å². The number of nitrogens with zero attached hydrogens (tertiary/aromatic N) is 2. The molecule has 1 aromatic carbocycles. The summed E-state index contributed by atoms with van der Waals surface area (Å²) in [6.45, 7) is 6.95. The molecule has 19 heavy (non-hydrogen) atoms. The van der Waals surface area contributed by atoms with Crippen molar-refractivity contribution in [2.45, 2.75) is 32.2 Å². The second-order valence-electron chi connectivity index (χ2n) is 5.65. The Morgan fingerprint density at radius 3 is 2.68 bits per heavy atom. The molecule has 1 unspecified atom stereocenters. The first-order valence-electron chi connectivity index (χ1n) is 7.38. The van der Waals surface area contributed by atoms with Crippen LogP contribution >= 0.6 is 0 Å². The van der Waals surface area contributed by atoms with Crippen LogP contribution in [0.3, 0.4) is 0 Å². The minimum absolute atomic E-state index is 0.344. The highest BCUT2D eigenvalue weighted by atomic mass is 16.3. The van der Waals surface area contributed by atoms with Crippen LogP contribution in [0.25, 0.3) is 0 Å². The van der Waals surface area contributed by atoms with Gasteiger partial charge in [0.2, 0.25) is 0 Å². The van der Waals surface area contributed by atoms with E-state index in [-0.39, 0.29) is 0 Å². The van der Waals surface area contributed by atoms with Crippen LogP contribution in [0.5, 0.6) is 5.75 Å². The van der Waals surface area contributed by atoms with Crippen LogP contribution in [0.15, 0.2) is 24.3 Å². The second-order valence-corrected chi connectivity index (χ2v) is 5.65. The molecule has 1 aliphatic rings. The molecule has 0 saturated carbocycles. The molecule has 1 aliphatic heterocycles. The van der Waals surface area contributed by atoms with E-state index in [2.05, 4.69) is 29.8 Å². The SMILES string of the molecule is CC(c1cccc(O)c1)N(C)CCN1CCCCC1. The van der Waals surface area contributed by atoms with Crippen LogP contribution in [0, 0.1) is 0 Å². The zero-order chi connectivity index (χ0) is 13.7. The van der Waals surface area contributed by atoms with Gasteiger partial charge in [0.25, 0.3) is 0 Å². The van der Waals surface area contributed by atoms with E-state index >= 15 is 0 Å². The largest absolute Gasteiger partial charge is 0.508 e. The fraction of sp³-hybridized carbons (Fsp3) is 0.625. The minimum atomic E-state index is 0.344. The predicted octanol–water partition coefficient (Wildman–Crippen LogP) is 2.87. The highest BCUT2D eigenvalue weighted by Crippen LogP contribution is 2.22. The topological polar surface area (TPSA) is 26.7 Å².